The fraction of sp³-hybridized carbons (Fsp3) is 0.417. The van der Waals surface area contributed by atoms with Gasteiger partial charge in [0.1, 0.15) is 23.0 Å². The fourth-order valence-corrected chi connectivity index (χ4v) is 2.67. The Hall–Kier alpha value is -1.84. The van der Waals surface area contributed by atoms with Gasteiger partial charge in [0, 0.05) is 12.6 Å². The fourth-order valence-electron chi connectivity index (χ4n) is 1.48. The first-order chi connectivity index (χ1) is 9.90. The Morgan fingerprint density at radius 3 is 2.57 bits per heavy atom. The van der Waals surface area contributed by atoms with Gasteiger partial charge >= 0.3 is 5.97 Å². The second-order valence-corrected chi connectivity index (χ2v) is 5.60. The van der Waals surface area contributed by atoms with Crippen LogP contribution in [0.3, 0.4) is 0 Å². The largest absolute Gasteiger partial charge is 0.497 e. The molecule has 1 aromatic carbocycles. The van der Waals surface area contributed by atoms with Crippen LogP contribution in [0.2, 0.25) is 0 Å². The number of carboxylic acid groups (broad SMARTS) is 1. The van der Waals surface area contributed by atoms with E-state index in [4.69, 9.17) is 19.3 Å². The predicted molar refractivity (Wildman–Crippen MR) is 73.2 cm³/mol. The molecule has 0 bridgehead atoms. The molecule has 0 atom stereocenters. The normalized spacial score (nSPS) is 11.1. The van der Waals surface area contributed by atoms with Gasteiger partial charge in [-0.1, -0.05) is 0 Å². The van der Waals surface area contributed by atoms with Crippen LogP contribution in [0, 0.1) is 0 Å². The molecule has 9 heteroatoms. The molecule has 0 amide bonds. The summed E-state index contributed by atoms with van der Waals surface area (Å²) < 4.78 is 41.3. The van der Waals surface area contributed by atoms with Gasteiger partial charge in [-0.05, 0) is 12.1 Å². The summed E-state index contributed by atoms with van der Waals surface area (Å²) in [4.78, 5) is 10.2. The molecule has 0 aromatic heterocycles. The monoisotopic (exact) mass is 319 g/mol. The number of carbonyl (C=O) groups is 1. The third-order valence-corrected chi connectivity index (χ3v) is 3.91. The first-order valence-electron chi connectivity index (χ1n) is 5.92. The summed E-state index contributed by atoms with van der Waals surface area (Å²) in [6.07, 6.45) is 0. The lowest BCUT2D eigenvalue weighted by atomic mass is 10.3. The molecular weight excluding hydrogens is 302 g/mol. The maximum atomic E-state index is 12.2. The Morgan fingerprint density at radius 2 is 2.00 bits per heavy atom. The van der Waals surface area contributed by atoms with E-state index >= 15 is 0 Å². The molecule has 0 aliphatic carbocycles. The maximum absolute atomic E-state index is 12.2. The third kappa shape index (κ3) is 5.21. The SMILES string of the molecule is COc1ccc(OC)c(S(=O)(=O)NCCOCC(=O)O)c1. The summed E-state index contributed by atoms with van der Waals surface area (Å²) in [7, 11) is -1.04. The minimum absolute atomic E-state index is 0.0577. The number of methoxy groups -OCH3 is 2. The highest BCUT2D eigenvalue weighted by Crippen LogP contribution is 2.27. The van der Waals surface area contributed by atoms with Gasteiger partial charge in [0.05, 0.1) is 20.8 Å². The topological polar surface area (TPSA) is 111 Å². The van der Waals surface area contributed by atoms with E-state index < -0.39 is 22.6 Å². The molecule has 0 saturated heterocycles. The summed E-state index contributed by atoms with van der Waals surface area (Å²) in [5, 5.41) is 8.38. The van der Waals surface area contributed by atoms with Gasteiger partial charge in [0.2, 0.25) is 10.0 Å². The van der Waals surface area contributed by atoms with E-state index in [9.17, 15) is 13.2 Å². The Labute approximate surface area is 122 Å². The average molecular weight is 319 g/mol. The molecule has 8 nitrogen and oxygen atoms in total. The molecule has 118 valence electrons. The van der Waals surface area contributed by atoms with Crippen LogP contribution < -0.4 is 14.2 Å². The Morgan fingerprint density at radius 1 is 1.29 bits per heavy atom. The summed E-state index contributed by atoms with van der Waals surface area (Å²) in [5.74, 6) is -0.569. The number of sulfonamides is 1. The van der Waals surface area contributed by atoms with E-state index in [0.29, 0.717) is 5.75 Å². The molecule has 0 saturated carbocycles. The van der Waals surface area contributed by atoms with E-state index in [-0.39, 0.29) is 23.8 Å². The van der Waals surface area contributed by atoms with Crippen molar-refractivity contribution < 1.29 is 32.5 Å². The van der Waals surface area contributed by atoms with Gasteiger partial charge in [-0.3, -0.25) is 0 Å². The molecule has 0 radical (unpaired) electrons. The molecule has 0 heterocycles. The van der Waals surface area contributed by atoms with Crippen molar-refractivity contribution in [1.82, 2.24) is 4.72 Å². The van der Waals surface area contributed by atoms with Gasteiger partial charge in [-0.25, -0.2) is 17.9 Å². The van der Waals surface area contributed by atoms with E-state index in [1.54, 1.807) is 6.07 Å². The van der Waals surface area contributed by atoms with Crippen molar-refractivity contribution in [2.24, 2.45) is 0 Å². The van der Waals surface area contributed by atoms with Gasteiger partial charge in [0.15, 0.2) is 0 Å². The van der Waals surface area contributed by atoms with Crippen LogP contribution in [0.5, 0.6) is 11.5 Å². The number of rotatable bonds is 9. The molecule has 1 rings (SSSR count). The average Bonchev–Trinajstić information content (AvgIpc) is 2.45. The van der Waals surface area contributed by atoms with Crippen molar-refractivity contribution in [2.75, 3.05) is 34.0 Å². The van der Waals surface area contributed by atoms with Gasteiger partial charge in [-0.15, -0.1) is 0 Å². The van der Waals surface area contributed by atoms with E-state index in [1.165, 1.54) is 26.4 Å². The lowest BCUT2D eigenvalue weighted by Crippen LogP contribution is -2.28. The zero-order valence-corrected chi connectivity index (χ0v) is 12.5. The summed E-state index contributed by atoms with van der Waals surface area (Å²) >= 11 is 0. The zero-order valence-electron chi connectivity index (χ0n) is 11.7. The van der Waals surface area contributed by atoms with Crippen molar-refractivity contribution >= 4 is 16.0 Å². The van der Waals surface area contributed by atoms with Crippen LogP contribution >= 0.6 is 0 Å². The highest BCUT2D eigenvalue weighted by atomic mass is 32.2. The highest BCUT2D eigenvalue weighted by molar-refractivity contribution is 7.89. The van der Waals surface area contributed by atoms with Crippen LogP contribution in [0.15, 0.2) is 23.1 Å². The van der Waals surface area contributed by atoms with Crippen molar-refractivity contribution in [3.63, 3.8) is 0 Å². The number of aliphatic carboxylic acids is 1. The summed E-state index contributed by atoms with van der Waals surface area (Å²) in [6.45, 7) is -0.599. The number of carboxylic acids is 1. The molecule has 0 aliphatic rings. The van der Waals surface area contributed by atoms with Crippen LogP contribution in [-0.4, -0.2) is 53.5 Å². The van der Waals surface area contributed by atoms with Crippen LogP contribution in [0.1, 0.15) is 0 Å². The molecule has 2 N–H and O–H groups in total. The quantitative estimate of drug-likeness (QED) is 0.620. The number of benzene rings is 1. The molecule has 0 unspecified atom stereocenters. The summed E-state index contributed by atoms with van der Waals surface area (Å²) in [5.41, 5.74) is 0. The minimum atomic E-state index is -3.82. The van der Waals surface area contributed by atoms with Crippen LogP contribution in [0.25, 0.3) is 0 Å². The highest BCUT2D eigenvalue weighted by Gasteiger charge is 2.20. The van der Waals surface area contributed by atoms with Gasteiger partial charge in [0.25, 0.3) is 0 Å². The number of hydrogen-bond donors (Lipinski definition) is 2. The number of hydrogen-bond acceptors (Lipinski definition) is 6. The molecule has 1 aromatic rings. The Balaban J connectivity index is 2.75. The Kier molecular flexibility index (Phi) is 6.40. The molecule has 21 heavy (non-hydrogen) atoms. The second-order valence-electron chi connectivity index (χ2n) is 3.86. The van der Waals surface area contributed by atoms with Gasteiger partial charge < -0.3 is 19.3 Å². The zero-order chi connectivity index (χ0) is 15.9. The number of ether oxygens (including phenoxy) is 3. The standard InChI is InChI=1S/C12H17NO7S/c1-18-9-3-4-10(19-2)11(7-9)21(16,17)13-5-6-20-8-12(14)15/h3-4,7,13H,5-6,8H2,1-2H3,(H,14,15). The molecule has 0 aliphatic heterocycles. The van der Waals surface area contributed by atoms with E-state index in [1.807, 2.05) is 0 Å². The summed E-state index contributed by atoms with van der Waals surface area (Å²) in [6, 6.07) is 4.39. The lowest BCUT2D eigenvalue weighted by Gasteiger charge is -2.12. The lowest BCUT2D eigenvalue weighted by molar-refractivity contribution is -0.142. The Bertz CT molecular complexity index is 585. The third-order valence-electron chi connectivity index (χ3n) is 2.42. The number of nitrogens with one attached hydrogen (secondary N) is 1. The van der Waals surface area contributed by atoms with Gasteiger partial charge in [-0.2, -0.15) is 0 Å². The van der Waals surface area contributed by atoms with Crippen molar-refractivity contribution in [2.45, 2.75) is 4.90 Å². The second kappa shape index (κ2) is 7.81. The van der Waals surface area contributed by atoms with Crippen molar-refractivity contribution in [3.05, 3.63) is 18.2 Å². The molecule has 0 spiro atoms. The predicted octanol–water partition coefficient (Wildman–Crippen LogP) is 0.0833. The van der Waals surface area contributed by atoms with E-state index in [2.05, 4.69) is 4.72 Å². The minimum Gasteiger partial charge on any atom is -0.497 e. The molecular formula is C12H17NO7S. The van der Waals surface area contributed by atoms with Crippen LogP contribution in [0.4, 0.5) is 0 Å². The molecule has 0 fully saturated rings. The smallest absolute Gasteiger partial charge is 0.329 e. The van der Waals surface area contributed by atoms with E-state index in [0.717, 1.165) is 0 Å². The van der Waals surface area contributed by atoms with Crippen molar-refractivity contribution in [3.8, 4) is 11.5 Å². The maximum Gasteiger partial charge on any atom is 0.329 e. The first-order valence-corrected chi connectivity index (χ1v) is 7.40. The van der Waals surface area contributed by atoms with Crippen molar-refractivity contribution in [1.29, 1.82) is 0 Å². The first kappa shape index (κ1) is 17.2. The van der Waals surface area contributed by atoms with Crippen LogP contribution in [-0.2, 0) is 19.6 Å².